The molecule has 0 aromatic heterocycles. The monoisotopic (exact) mass is 307 g/mol. The SMILES string of the molecule is COC(=O)[C@]1(NC(=O)OCc2ccccc2)C[C@@H](O)C1(C)C. The number of carbonyl (C=O) groups is 2. The number of aliphatic hydroxyl groups is 1. The third-order valence-electron chi connectivity index (χ3n) is 4.49. The van der Waals surface area contributed by atoms with Gasteiger partial charge in [0.25, 0.3) is 0 Å². The smallest absolute Gasteiger partial charge is 0.408 e. The number of alkyl carbamates (subject to hydrolysis) is 1. The van der Waals surface area contributed by atoms with Crippen LogP contribution in [0.3, 0.4) is 0 Å². The van der Waals surface area contributed by atoms with Gasteiger partial charge in [-0.1, -0.05) is 44.2 Å². The molecular formula is C16H21NO5. The molecule has 120 valence electrons. The van der Waals surface area contributed by atoms with E-state index in [0.29, 0.717) is 0 Å². The molecule has 6 nitrogen and oxygen atoms in total. The summed E-state index contributed by atoms with van der Waals surface area (Å²) in [5.74, 6) is -0.584. The summed E-state index contributed by atoms with van der Waals surface area (Å²) < 4.78 is 9.93. The van der Waals surface area contributed by atoms with Crippen molar-refractivity contribution in [1.82, 2.24) is 5.32 Å². The molecule has 1 amide bonds. The van der Waals surface area contributed by atoms with Gasteiger partial charge in [-0.2, -0.15) is 0 Å². The summed E-state index contributed by atoms with van der Waals surface area (Å²) in [4.78, 5) is 24.1. The van der Waals surface area contributed by atoms with E-state index >= 15 is 0 Å². The number of esters is 1. The summed E-state index contributed by atoms with van der Waals surface area (Å²) in [5.41, 5.74) is -1.25. The van der Waals surface area contributed by atoms with Gasteiger partial charge < -0.3 is 19.9 Å². The van der Waals surface area contributed by atoms with Crippen LogP contribution in [0.25, 0.3) is 0 Å². The van der Waals surface area contributed by atoms with E-state index in [1.54, 1.807) is 13.8 Å². The van der Waals surface area contributed by atoms with E-state index in [4.69, 9.17) is 9.47 Å². The number of carbonyl (C=O) groups excluding carboxylic acids is 2. The second kappa shape index (κ2) is 5.96. The number of methoxy groups -OCH3 is 1. The number of benzene rings is 1. The molecule has 0 spiro atoms. The van der Waals surface area contributed by atoms with Crippen LogP contribution in [0, 0.1) is 5.41 Å². The van der Waals surface area contributed by atoms with Crippen LogP contribution >= 0.6 is 0 Å². The molecule has 0 unspecified atom stereocenters. The fraction of sp³-hybridized carbons (Fsp3) is 0.500. The van der Waals surface area contributed by atoms with Gasteiger partial charge in [0, 0.05) is 11.8 Å². The lowest BCUT2D eigenvalue weighted by atomic mass is 9.54. The standard InChI is InChI=1S/C16H21NO5/c1-15(2)12(18)9-16(15,13(19)21-3)17-14(20)22-10-11-7-5-4-6-8-11/h4-8,12,18H,9-10H2,1-3H3,(H,17,20)/t12-,16-/m1/s1. The Labute approximate surface area is 129 Å². The molecule has 22 heavy (non-hydrogen) atoms. The molecule has 1 aliphatic rings. The minimum Gasteiger partial charge on any atom is -0.467 e. The Balaban J connectivity index is 2.03. The van der Waals surface area contributed by atoms with Crippen molar-refractivity contribution in [2.75, 3.05) is 7.11 Å². The van der Waals surface area contributed by atoms with Crippen molar-refractivity contribution in [2.45, 2.75) is 38.5 Å². The lowest BCUT2D eigenvalue weighted by molar-refractivity contribution is -0.184. The molecule has 6 heteroatoms. The second-order valence-corrected chi connectivity index (χ2v) is 6.03. The summed E-state index contributed by atoms with van der Waals surface area (Å²) in [6.45, 7) is 3.51. The highest BCUT2D eigenvalue weighted by Crippen LogP contribution is 2.50. The van der Waals surface area contributed by atoms with E-state index in [9.17, 15) is 14.7 Å². The van der Waals surface area contributed by atoms with Crippen molar-refractivity contribution in [3.63, 3.8) is 0 Å². The van der Waals surface area contributed by atoms with Gasteiger partial charge in [-0.25, -0.2) is 9.59 Å². The summed E-state index contributed by atoms with van der Waals surface area (Å²) in [6.07, 6.45) is -1.30. The van der Waals surface area contributed by atoms with Crippen molar-refractivity contribution < 1.29 is 24.2 Å². The zero-order valence-corrected chi connectivity index (χ0v) is 13.0. The number of ether oxygens (including phenoxy) is 2. The van der Waals surface area contributed by atoms with Crippen molar-refractivity contribution >= 4 is 12.1 Å². The molecule has 0 heterocycles. The molecular weight excluding hydrogens is 286 g/mol. The van der Waals surface area contributed by atoms with Crippen molar-refractivity contribution in [3.8, 4) is 0 Å². The zero-order valence-electron chi connectivity index (χ0n) is 13.0. The van der Waals surface area contributed by atoms with Crippen LogP contribution in [0.4, 0.5) is 4.79 Å². The Morgan fingerprint density at radius 3 is 2.45 bits per heavy atom. The van der Waals surface area contributed by atoms with Gasteiger partial charge in [-0.15, -0.1) is 0 Å². The van der Waals surface area contributed by atoms with Crippen LogP contribution in [0.1, 0.15) is 25.8 Å². The quantitative estimate of drug-likeness (QED) is 0.826. The highest BCUT2D eigenvalue weighted by Gasteiger charge is 2.66. The maximum absolute atomic E-state index is 12.1. The molecule has 1 aliphatic carbocycles. The molecule has 1 saturated carbocycles. The normalized spacial score (nSPS) is 25.7. The Morgan fingerprint density at radius 1 is 1.32 bits per heavy atom. The Bertz CT molecular complexity index is 557. The van der Waals surface area contributed by atoms with Gasteiger partial charge in [-0.3, -0.25) is 0 Å². The third-order valence-corrected chi connectivity index (χ3v) is 4.49. The highest BCUT2D eigenvalue weighted by atomic mass is 16.6. The van der Waals surface area contributed by atoms with E-state index < -0.39 is 29.1 Å². The first-order valence-electron chi connectivity index (χ1n) is 7.09. The average Bonchev–Trinajstić information content (AvgIpc) is 2.52. The van der Waals surface area contributed by atoms with Crippen LogP contribution in [0.15, 0.2) is 30.3 Å². The molecule has 1 aromatic rings. The van der Waals surface area contributed by atoms with Gasteiger partial charge in [0.15, 0.2) is 5.54 Å². The molecule has 2 atom stereocenters. The minimum absolute atomic E-state index is 0.104. The van der Waals surface area contributed by atoms with E-state index in [1.807, 2.05) is 30.3 Å². The maximum atomic E-state index is 12.1. The summed E-state index contributed by atoms with van der Waals surface area (Å²) in [5, 5.41) is 12.5. The van der Waals surface area contributed by atoms with Gasteiger partial charge in [0.05, 0.1) is 13.2 Å². The zero-order chi connectivity index (χ0) is 16.4. The lowest BCUT2D eigenvalue weighted by Crippen LogP contribution is -2.75. The first kappa shape index (κ1) is 16.3. The molecule has 0 aliphatic heterocycles. The van der Waals surface area contributed by atoms with Crippen molar-refractivity contribution in [1.29, 1.82) is 0 Å². The van der Waals surface area contributed by atoms with Gasteiger partial charge in [0.2, 0.25) is 0 Å². The Kier molecular flexibility index (Phi) is 4.42. The van der Waals surface area contributed by atoms with E-state index in [2.05, 4.69) is 5.32 Å². The molecule has 0 saturated heterocycles. The van der Waals surface area contributed by atoms with Crippen LogP contribution in [0.5, 0.6) is 0 Å². The molecule has 2 rings (SSSR count). The Hall–Kier alpha value is -2.08. The third kappa shape index (κ3) is 2.66. The minimum atomic E-state index is -1.27. The van der Waals surface area contributed by atoms with Crippen molar-refractivity contribution in [3.05, 3.63) is 35.9 Å². The molecule has 1 fully saturated rings. The van der Waals surface area contributed by atoms with Crippen LogP contribution < -0.4 is 5.32 Å². The summed E-state index contributed by atoms with van der Waals surface area (Å²) in [6, 6.07) is 9.23. The van der Waals surface area contributed by atoms with Gasteiger partial charge >= 0.3 is 12.1 Å². The number of hydrogen-bond donors (Lipinski definition) is 2. The average molecular weight is 307 g/mol. The summed E-state index contributed by atoms with van der Waals surface area (Å²) >= 11 is 0. The van der Waals surface area contributed by atoms with Crippen LogP contribution in [-0.4, -0.2) is 35.9 Å². The number of aliphatic hydroxyl groups excluding tert-OH is 1. The van der Waals surface area contributed by atoms with Gasteiger partial charge in [-0.05, 0) is 5.56 Å². The van der Waals surface area contributed by atoms with E-state index in [-0.39, 0.29) is 13.0 Å². The summed E-state index contributed by atoms with van der Waals surface area (Å²) in [7, 11) is 1.25. The molecule has 1 aromatic carbocycles. The van der Waals surface area contributed by atoms with Gasteiger partial charge in [0.1, 0.15) is 6.61 Å². The predicted molar refractivity (Wildman–Crippen MR) is 78.9 cm³/mol. The molecule has 2 N–H and O–H groups in total. The van der Waals surface area contributed by atoms with Crippen LogP contribution in [0.2, 0.25) is 0 Å². The number of rotatable bonds is 4. The topological polar surface area (TPSA) is 84.9 Å². The molecule has 0 radical (unpaired) electrons. The fourth-order valence-electron chi connectivity index (χ4n) is 2.68. The fourth-order valence-corrected chi connectivity index (χ4v) is 2.68. The van der Waals surface area contributed by atoms with Crippen LogP contribution in [-0.2, 0) is 20.9 Å². The number of nitrogens with one attached hydrogen (secondary N) is 1. The lowest BCUT2D eigenvalue weighted by Gasteiger charge is -2.56. The number of amides is 1. The highest BCUT2D eigenvalue weighted by molar-refractivity contribution is 5.88. The largest absolute Gasteiger partial charge is 0.467 e. The second-order valence-electron chi connectivity index (χ2n) is 6.03. The van der Waals surface area contributed by atoms with E-state index in [1.165, 1.54) is 7.11 Å². The van der Waals surface area contributed by atoms with Crippen molar-refractivity contribution in [2.24, 2.45) is 5.41 Å². The first-order chi connectivity index (χ1) is 10.3. The first-order valence-corrected chi connectivity index (χ1v) is 7.09. The molecule has 0 bridgehead atoms. The predicted octanol–water partition coefficient (Wildman–Crippen LogP) is 1.62. The Morgan fingerprint density at radius 2 is 1.95 bits per heavy atom. The number of hydrogen-bond acceptors (Lipinski definition) is 5. The maximum Gasteiger partial charge on any atom is 0.408 e. The van der Waals surface area contributed by atoms with E-state index in [0.717, 1.165) is 5.56 Å².